The minimum absolute atomic E-state index is 0.305. The lowest BCUT2D eigenvalue weighted by molar-refractivity contribution is -0.119. The second-order valence-corrected chi connectivity index (χ2v) is 7.12. The zero-order chi connectivity index (χ0) is 23.4. The van der Waals surface area contributed by atoms with Gasteiger partial charge < -0.3 is 9.30 Å². The molecule has 0 unspecified atom stereocenters. The fourth-order valence-electron chi connectivity index (χ4n) is 3.21. The number of halogens is 1. The first-order valence-corrected chi connectivity index (χ1v) is 10.0. The molecule has 1 aliphatic heterocycles. The molecule has 0 radical (unpaired) electrons. The normalized spacial score (nSPS) is 13.6. The quantitative estimate of drug-likeness (QED) is 0.585. The van der Waals surface area contributed by atoms with Gasteiger partial charge in [-0.3, -0.25) is 15.1 Å². The first-order chi connectivity index (χ1) is 15.9. The molecule has 3 heterocycles. The number of pyridine rings is 1. The molecule has 0 spiro atoms. The first kappa shape index (κ1) is 21.8. The van der Waals surface area contributed by atoms with Crippen LogP contribution in [-0.2, 0) is 4.79 Å². The lowest BCUT2D eigenvalue weighted by Crippen LogP contribution is -2.51. The summed E-state index contributed by atoms with van der Waals surface area (Å²) in [6.07, 6.45) is 9.46. The monoisotopic (exact) mass is 448 g/mol. The highest BCUT2D eigenvalue weighted by Gasteiger charge is 2.24. The van der Waals surface area contributed by atoms with E-state index < -0.39 is 17.8 Å². The molecule has 10 heteroatoms. The Balaban J connectivity index is 1.43. The number of hydrazine groups is 1. The van der Waals surface area contributed by atoms with E-state index in [2.05, 4.69) is 15.4 Å². The number of carbonyl (C=O) groups is 2. The van der Waals surface area contributed by atoms with Crippen molar-refractivity contribution in [2.75, 3.05) is 18.6 Å². The fourth-order valence-corrected chi connectivity index (χ4v) is 3.21. The number of nitrogens with zero attached hydrogens (tertiary/aromatic N) is 5. The Morgan fingerprint density at radius 2 is 2.00 bits per heavy atom. The Hall–Kier alpha value is -4.47. The van der Waals surface area contributed by atoms with Gasteiger partial charge in [0.25, 0.3) is 5.91 Å². The van der Waals surface area contributed by atoms with Gasteiger partial charge in [0.1, 0.15) is 11.5 Å². The number of benzene rings is 1. The van der Waals surface area contributed by atoms with Crippen LogP contribution >= 0.6 is 0 Å². The van der Waals surface area contributed by atoms with Crippen molar-refractivity contribution >= 4 is 23.7 Å². The van der Waals surface area contributed by atoms with Crippen LogP contribution in [0.2, 0.25) is 0 Å². The van der Waals surface area contributed by atoms with Crippen molar-refractivity contribution in [3.8, 4) is 11.6 Å². The predicted octanol–water partition coefficient (Wildman–Crippen LogP) is 3.22. The van der Waals surface area contributed by atoms with Gasteiger partial charge in [0, 0.05) is 30.7 Å². The minimum atomic E-state index is -0.524. The molecule has 2 aromatic heterocycles. The highest BCUT2D eigenvalue weighted by molar-refractivity contribution is 5.97. The molecule has 0 fully saturated rings. The van der Waals surface area contributed by atoms with Crippen LogP contribution in [0.5, 0.6) is 5.88 Å². The van der Waals surface area contributed by atoms with E-state index in [0.29, 0.717) is 29.5 Å². The fraction of sp³-hybridized carbons (Fsp3) is 0.130. The molecule has 168 valence electrons. The second-order valence-electron chi connectivity index (χ2n) is 7.12. The maximum absolute atomic E-state index is 13.2. The van der Waals surface area contributed by atoms with Crippen LogP contribution in [0, 0.1) is 12.7 Å². The van der Waals surface area contributed by atoms with Crippen molar-refractivity contribution in [3.05, 3.63) is 84.5 Å². The molecule has 0 saturated carbocycles. The largest absolute Gasteiger partial charge is 0.479 e. The predicted molar refractivity (Wildman–Crippen MR) is 120 cm³/mol. The summed E-state index contributed by atoms with van der Waals surface area (Å²) in [6, 6.07) is 8.62. The third kappa shape index (κ3) is 4.90. The van der Waals surface area contributed by atoms with E-state index in [0.717, 1.165) is 10.7 Å². The zero-order valence-corrected chi connectivity index (χ0v) is 18.0. The summed E-state index contributed by atoms with van der Waals surface area (Å²) in [5.74, 6) is -0.546. The van der Waals surface area contributed by atoms with Gasteiger partial charge in [-0.25, -0.2) is 24.2 Å². The zero-order valence-electron chi connectivity index (χ0n) is 18.0. The number of nitrogens with one attached hydrogen (secondary N) is 1. The SMILES string of the molecule is COc1nc(C=CC(=O)NN2C=CCN(c3ccc(F)cc3)C2=O)ccc1-n1cnc(C)c1. The summed E-state index contributed by atoms with van der Waals surface area (Å²) < 4.78 is 20.3. The van der Waals surface area contributed by atoms with Crippen LogP contribution in [0.1, 0.15) is 11.4 Å². The van der Waals surface area contributed by atoms with Gasteiger partial charge >= 0.3 is 6.03 Å². The van der Waals surface area contributed by atoms with E-state index in [-0.39, 0.29) is 0 Å². The molecular weight excluding hydrogens is 427 g/mol. The Kier molecular flexibility index (Phi) is 6.16. The summed E-state index contributed by atoms with van der Waals surface area (Å²) in [6.45, 7) is 2.19. The third-order valence-corrected chi connectivity index (χ3v) is 4.80. The summed E-state index contributed by atoms with van der Waals surface area (Å²) in [4.78, 5) is 35.1. The first-order valence-electron chi connectivity index (χ1n) is 10.0. The lowest BCUT2D eigenvalue weighted by Gasteiger charge is -2.31. The molecule has 1 N–H and O–H groups in total. The number of methoxy groups -OCH3 is 1. The number of hydrogen-bond donors (Lipinski definition) is 1. The summed E-state index contributed by atoms with van der Waals surface area (Å²) in [7, 11) is 1.51. The smallest absolute Gasteiger partial charge is 0.347 e. The van der Waals surface area contributed by atoms with E-state index in [1.165, 1.54) is 54.6 Å². The van der Waals surface area contributed by atoms with Gasteiger partial charge in [-0.15, -0.1) is 0 Å². The number of aryl methyl sites for hydroxylation is 1. The summed E-state index contributed by atoms with van der Waals surface area (Å²) >= 11 is 0. The van der Waals surface area contributed by atoms with Gasteiger partial charge in [0.05, 0.1) is 24.8 Å². The minimum Gasteiger partial charge on any atom is -0.479 e. The van der Waals surface area contributed by atoms with E-state index in [1.807, 2.05) is 19.2 Å². The van der Waals surface area contributed by atoms with Crippen molar-refractivity contribution in [3.63, 3.8) is 0 Å². The molecule has 4 rings (SSSR count). The molecule has 3 amide bonds. The van der Waals surface area contributed by atoms with E-state index in [1.54, 1.807) is 23.0 Å². The Bertz CT molecular complexity index is 1240. The molecule has 0 aliphatic carbocycles. The van der Waals surface area contributed by atoms with Crippen LogP contribution in [0.15, 0.2) is 67.3 Å². The van der Waals surface area contributed by atoms with Gasteiger partial charge in [0.2, 0.25) is 5.88 Å². The number of amides is 3. The van der Waals surface area contributed by atoms with E-state index in [4.69, 9.17) is 4.74 Å². The number of hydrogen-bond acceptors (Lipinski definition) is 5. The van der Waals surface area contributed by atoms with Crippen molar-refractivity contribution in [1.82, 2.24) is 25.0 Å². The second kappa shape index (κ2) is 9.35. The number of ether oxygens (including phenoxy) is 1. The van der Waals surface area contributed by atoms with Crippen LogP contribution in [0.4, 0.5) is 14.9 Å². The Morgan fingerprint density at radius 1 is 1.21 bits per heavy atom. The Morgan fingerprint density at radius 3 is 2.70 bits per heavy atom. The number of imidazole rings is 1. The average molecular weight is 448 g/mol. The highest BCUT2D eigenvalue weighted by atomic mass is 19.1. The third-order valence-electron chi connectivity index (χ3n) is 4.80. The van der Waals surface area contributed by atoms with Crippen molar-refractivity contribution in [2.24, 2.45) is 0 Å². The number of carbonyl (C=O) groups excluding carboxylic acids is 2. The molecule has 3 aromatic rings. The lowest BCUT2D eigenvalue weighted by atomic mass is 10.2. The molecule has 0 saturated heterocycles. The molecule has 1 aromatic carbocycles. The van der Waals surface area contributed by atoms with Gasteiger partial charge in [-0.05, 0) is 55.5 Å². The average Bonchev–Trinajstić information content (AvgIpc) is 3.25. The van der Waals surface area contributed by atoms with Crippen LogP contribution in [-0.4, -0.2) is 45.1 Å². The van der Waals surface area contributed by atoms with Gasteiger partial charge in [0.15, 0.2) is 0 Å². The van der Waals surface area contributed by atoms with Crippen molar-refractivity contribution in [1.29, 1.82) is 0 Å². The number of aromatic nitrogens is 3. The van der Waals surface area contributed by atoms with Gasteiger partial charge in [-0.1, -0.05) is 0 Å². The van der Waals surface area contributed by atoms with Crippen LogP contribution < -0.4 is 15.1 Å². The van der Waals surface area contributed by atoms with Gasteiger partial charge in [-0.2, -0.15) is 0 Å². The van der Waals surface area contributed by atoms with E-state index in [9.17, 15) is 14.0 Å². The topological polar surface area (TPSA) is 92.6 Å². The molecule has 1 aliphatic rings. The summed E-state index contributed by atoms with van der Waals surface area (Å²) in [5.41, 5.74) is 5.09. The molecule has 9 nitrogen and oxygen atoms in total. The Labute approximate surface area is 189 Å². The molecule has 33 heavy (non-hydrogen) atoms. The highest BCUT2D eigenvalue weighted by Crippen LogP contribution is 2.22. The van der Waals surface area contributed by atoms with Crippen molar-refractivity contribution in [2.45, 2.75) is 6.92 Å². The maximum atomic E-state index is 13.2. The standard InChI is InChI=1S/C23H21FN6O3/c1-16-14-28(15-25-16)20-10-6-18(26-22(20)33-2)7-11-21(31)27-30-13-3-12-29(23(30)32)19-8-4-17(24)5-9-19/h3-11,13-15H,12H2,1-2H3,(H,27,31). The van der Waals surface area contributed by atoms with Crippen LogP contribution in [0.3, 0.4) is 0 Å². The maximum Gasteiger partial charge on any atom is 0.347 e. The molecule has 0 atom stereocenters. The summed E-state index contributed by atoms with van der Waals surface area (Å²) in [5, 5.41) is 1.07. The van der Waals surface area contributed by atoms with Crippen LogP contribution in [0.25, 0.3) is 11.8 Å². The number of rotatable bonds is 6. The van der Waals surface area contributed by atoms with Crippen molar-refractivity contribution < 1.29 is 18.7 Å². The number of urea groups is 1. The number of anilines is 1. The molecular formula is C23H21FN6O3. The molecule has 0 bridgehead atoms. The van der Waals surface area contributed by atoms with E-state index >= 15 is 0 Å².